The molecule has 0 radical (unpaired) electrons. The molecule has 0 aliphatic heterocycles. The lowest BCUT2D eigenvalue weighted by molar-refractivity contribution is -0.119. The first-order chi connectivity index (χ1) is 10.2. The van der Waals surface area contributed by atoms with Gasteiger partial charge < -0.3 is 0 Å². The summed E-state index contributed by atoms with van der Waals surface area (Å²) in [5.74, 6) is 4.08. The molecular formula is C20H38OSi. The predicted molar refractivity (Wildman–Crippen MR) is 102 cm³/mol. The number of Topliss-reactive ketones (excluding diaryl/α,β-unsaturated/α-hetero) is 1. The predicted octanol–water partition coefficient (Wildman–Crippen LogP) is 6.38. The summed E-state index contributed by atoms with van der Waals surface area (Å²) in [7, 11) is -1.64. The van der Waals surface area contributed by atoms with Crippen LogP contribution in [0.15, 0.2) is 0 Å². The second-order valence-electron chi connectivity index (χ2n) is 7.77. The first-order valence-electron chi connectivity index (χ1n) is 9.22. The van der Waals surface area contributed by atoms with E-state index < -0.39 is 8.07 Å². The van der Waals surface area contributed by atoms with Crippen molar-refractivity contribution in [3.63, 3.8) is 0 Å². The van der Waals surface area contributed by atoms with Crippen LogP contribution in [0, 0.1) is 17.4 Å². The Bertz CT molecular complexity index is 362. The Morgan fingerprint density at radius 1 is 0.909 bits per heavy atom. The minimum absolute atomic E-state index is 0.206. The molecule has 0 aliphatic carbocycles. The fraction of sp³-hybridized carbons (Fsp3) is 0.850. The highest BCUT2D eigenvalue weighted by molar-refractivity contribution is 6.90. The third kappa shape index (κ3) is 6.29. The highest BCUT2D eigenvalue weighted by Crippen LogP contribution is 2.40. The molecule has 0 rings (SSSR count). The largest absolute Gasteiger partial charge is 0.300 e. The minimum Gasteiger partial charge on any atom is -0.300 e. The number of rotatable bonds is 9. The number of unbranched alkanes of at least 4 members (excludes halogenated alkanes) is 2. The minimum atomic E-state index is -1.64. The van der Waals surface area contributed by atoms with E-state index >= 15 is 0 Å². The van der Waals surface area contributed by atoms with E-state index in [-0.39, 0.29) is 5.92 Å². The molecule has 0 unspecified atom stereocenters. The summed E-state index contributed by atoms with van der Waals surface area (Å²) < 4.78 is 0. The number of carbonyl (C=O) groups is 1. The van der Waals surface area contributed by atoms with Crippen LogP contribution in [0.4, 0.5) is 0 Å². The number of carbonyl (C=O) groups excluding carboxylic acids is 1. The zero-order chi connectivity index (χ0) is 17.3. The van der Waals surface area contributed by atoms with Crippen molar-refractivity contribution in [2.24, 2.45) is 5.92 Å². The van der Waals surface area contributed by atoms with Gasteiger partial charge >= 0.3 is 0 Å². The fourth-order valence-corrected chi connectivity index (χ4v) is 9.11. The molecule has 0 fully saturated rings. The summed E-state index contributed by atoms with van der Waals surface area (Å²) in [6, 6.07) is 0. The molecular weight excluding hydrogens is 284 g/mol. The van der Waals surface area contributed by atoms with E-state index in [1.54, 1.807) is 0 Å². The van der Waals surface area contributed by atoms with Crippen LogP contribution >= 0.6 is 0 Å². The van der Waals surface area contributed by atoms with Gasteiger partial charge in [-0.1, -0.05) is 68.2 Å². The van der Waals surface area contributed by atoms with Crippen LogP contribution in [0.5, 0.6) is 0 Å². The van der Waals surface area contributed by atoms with Crippen molar-refractivity contribution in [3.05, 3.63) is 0 Å². The molecule has 0 aromatic carbocycles. The zero-order valence-electron chi connectivity index (χ0n) is 16.3. The number of ketones is 1. The first-order valence-corrected chi connectivity index (χ1v) is 11.5. The lowest BCUT2D eigenvalue weighted by Gasteiger charge is -2.38. The SMILES string of the molecule is CCCCCC(=O)C[C@H](C)C#C[Si](C(C)C)(C(C)C)C(C)C. The summed E-state index contributed by atoms with van der Waals surface area (Å²) in [5.41, 5.74) is 5.72. The van der Waals surface area contributed by atoms with Gasteiger partial charge in [-0.05, 0) is 23.0 Å². The van der Waals surface area contributed by atoms with Crippen molar-refractivity contribution < 1.29 is 4.79 Å². The van der Waals surface area contributed by atoms with Crippen LogP contribution in [0.2, 0.25) is 16.6 Å². The van der Waals surface area contributed by atoms with Gasteiger partial charge in [0.2, 0.25) is 0 Å². The average molecular weight is 323 g/mol. The third-order valence-corrected chi connectivity index (χ3v) is 11.3. The van der Waals surface area contributed by atoms with E-state index in [9.17, 15) is 4.79 Å². The van der Waals surface area contributed by atoms with E-state index in [1.165, 1.54) is 6.42 Å². The van der Waals surface area contributed by atoms with E-state index in [1.807, 2.05) is 0 Å². The molecule has 0 heterocycles. The zero-order valence-corrected chi connectivity index (χ0v) is 17.3. The molecule has 0 saturated heterocycles. The Kier molecular flexibility index (Phi) is 10.0. The molecule has 128 valence electrons. The van der Waals surface area contributed by atoms with E-state index in [4.69, 9.17) is 0 Å². The Morgan fingerprint density at radius 3 is 1.82 bits per heavy atom. The molecule has 0 aromatic heterocycles. The van der Waals surface area contributed by atoms with Gasteiger partial charge in [0.15, 0.2) is 0 Å². The molecule has 0 amide bonds. The summed E-state index contributed by atoms with van der Waals surface area (Å²) in [6.45, 7) is 18.3. The molecule has 0 N–H and O–H groups in total. The van der Waals surface area contributed by atoms with Gasteiger partial charge in [0.05, 0.1) is 0 Å². The van der Waals surface area contributed by atoms with E-state index in [0.29, 0.717) is 28.8 Å². The molecule has 0 saturated carbocycles. The van der Waals surface area contributed by atoms with Crippen LogP contribution in [0.3, 0.4) is 0 Å². The maximum atomic E-state index is 12.0. The van der Waals surface area contributed by atoms with Gasteiger partial charge in [-0.2, -0.15) is 0 Å². The average Bonchev–Trinajstić information content (AvgIpc) is 2.38. The van der Waals surface area contributed by atoms with Crippen LogP contribution in [0.1, 0.15) is 87.5 Å². The maximum Gasteiger partial charge on any atom is 0.145 e. The number of hydrogen-bond acceptors (Lipinski definition) is 1. The molecule has 2 heteroatoms. The third-order valence-electron chi connectivity index (χ3n) is 4.99. The van der Waals surface area contributed by atoms with E-state index in [2.05, 4.69) is 66.9 Å². The second-order valence-corrected chi connectivity index (χ2v) is 13.3. The van der Waals surface area contributed by atoms with Crippen molar-refractivity contribution in [2.75, 3.05) is 0 Å². The van der Waals surface area contributed by atoms with Crippen LogP contribution in [-0.4, -0.2) is 13.9 Å². The van der Waals surface area contributed by atoms with Crippen molar-refractivity contribution in [1.29, 1.82) is 0 Å². The molecule has 0 bridgehead atoms. The quantitative estimate of drug-likeness (QED) is 0.273. The lowest BCUT2D eigenvalue weighted by Crippen LogP contribution is -2.43. The number of hydrogen-bond donors (Lipinski definition) is 0. The molecule has 22 heavy (non-hydrogen) atoms. The smallest absolute Gasteiger partial charge is 0.145 e. The highest BCUT2D eigenvalue weighted by Gasteiger charge is 2.41. The Morgan fingerprint density at radius 2 is 1.41 bits per heavy atom. The van der Waals surface area contributed by atoms with Crippen molar-refractivity contribution >= 4 is 13.9 Å². The molecule has 1 atom stereocenters. The Labute approximate surface area is 140 Å². The summed E-state index contributed by atoms with van der Waals surface area (Å²) in [4.78, 5) is 12.0. The second kappa shape index (κ2) is 10.3. The van der Waals surface area contributed by atoms with Gasteiger partial charge in [0.1, 0.15) is 13.9 Å². The standard InChI is InChI=1S/C20H38OSi/c1-9-10-11-12-20(21)15-19(8)13-14-22(16(2)3,17(4)5)18(6)7/h16-19H,9-12,15H2,1-8H3/t19-/m1/s1. The van der Waals surface area contributed by atoms with Crippen LogP contribution in [0.25, 0.3) is 0 Å². The van der Waals surface area contributed by atoms with Crippen LogP contribution < -0.4 is 0 Å². The van der Waals surface area contributed by atoms with Gasteiger partial charge in [-0.15, -0.1) is 11.5 Å². The Balaban J connectivity index is 4.89. The van der Waals surface area contributed by atoms with Gasteiger partial charge in [-0.3, -0.25) is 4.79 Å². The highest BCUT2D eigenvalue weighted by atomic mass is 28.3. The van der Waals surface area contributed by atoms with Crippen molar-refractivity contribution in [1.82, 2.24) is 0 Å². The molecule has 0 aliphatic rings. The lowest BCUT2D eigenvalue weighted by atomic mass is 10.0. The van der Waals surface area contributed by atoms with Crippen LogP contribution in [-0.2, 0) is 4.79 Å². The molecule has 0 spiro atoms. The van der Waals surface area contributed by atoms with E-state index in [0.717, 1.165) is 19.3 Å². The fourth-order valence-electron chi connectivity index (χ4n) is 3.75. The Hall–Kier alpha value is -0.553. The first kappa shape index (κ1) is 21.4. The van der Waals surface area contributed by atoms with Crippen molar-refractivity contribution in [2.45, 2.75) is 104 Å². The molecule has 1 nitrogen and oxygen atoms in total. The monoisotopic (exact) mass is 322 g/mol. The van der Waals surface area contributed by atoms with Gasteiger partial charge in [0, 0.05) is 18.8 Å². The maximum absolute atomic E-state index is 12.0. The summed E-state index contributed by atoms with van der Waals surface area (Å²) >= 11 is 0. The summed E-state index contributed by atoms with van der Waals surface area (Å²) in [6.07, 6.45) is 4.75. The molecule has 0 aromatic rings. The normalized spacial score (nSPS) is 13.4. The van der Waals surface area contributed by atoms with Gasteiger partial charge in [0.25, 0.3) is 0 Å². The van der Waals surface area contributed by atoms with Gasteiger partial charge in [-0.25, -0.2) is 0 Å². The van der Waals surface area contributed by atoms with Crippen molar-refractivity contribution in [3.8, 4) is 11.5 Å². The topological polar surface area (TPSA) is 17.1 Å². The summed E-state index contributed by atoms with van der Waals surface area (Å²) in [5, 5.41) is 0.